The SMILES string of the molecule is Cc1ccc[n+](C)c1CCCO.[I-]. The van der Waals surface area contributed by atoms with Gasteiger partial charge in [0, 0.05) is 24.7 Å². The fraction of sp³-hybridized carbons (Fsp3) is 0.500. The maximum Gasteiger partial charge on any atom is 0.184 e. The molecule has 0 fully saturated rings. The Morgan fingerprint density at radius 3 is 2.69 bits per heavy atom. The van der Waals surface area contributed by atoms with E-state index in [-0.39, 0.29) is 30.6 Å². The smallest absolute Gasteiger partial charge is 0.184 e. The van der Waals surface area contributed by atoms with Crippen molar-refractivity contribution in [2.24, 2.45) is 7.05 Å². The molecule has 1 aromatic heterocycles. The summed E-state index contributed by atoms with van der Waals surface area (Å²) < 4.78 is 2.12. The van der Waals surface area contributed by atoms with Crippen LogP contribution in [0.2, 0.25) is 0 Å². The molecular formula is C10H16INO. The number of halogens is 1. The molecule has 0 bridgehead atoms. The van der Waals surface area contributed by atoms with E-state index in [9.17, 15) is 0 Å². The third-order valence-electron chi connectivity index (χ3n) is 2.11. The van der Waals surface area contributed by atoms with E-state index in [1.807, 2.05) is 19.3 Å². The molecule has 0 saturated carbocycles. The minimum absolute atomic E-state index is 0. The maximum absolute atomic E-state index is 8.70. The van der Waals surface area contributed by atoms with Crippen LogP contribution < -0.4 is 28.5 Å². The number of hydrogen-bond acceptors (Lipinski definition) is 1. The molecule has 3 heteroatoms. The number of hydrogen-bond donors (Lipinski definition) is 1. The summed E-state index contributed by atoms with van der Waals surface area (Å²) in [5.41, 5.74) is 2.61. The molecule has 2 nitrogen and oxygen atoms in total. The molecule has 0 saturated heterocycles. The summed E-state index contributed by atoms with van der Waals surface area (Å²) in [6.07, 6.45) is 3.85. The second kappa shape index (κ2) is 6.32. The Morgan fingerprint density at radius 1 is 1.46 bits per heavy atom. The van der Waals surface area contributed by atoms with E-state index in [0.29, 0.717) is 0 Å². The Hall–Kier alpha value is -0.160. The normalized spacial score (nSPS) is 9.46. The number of nitrogens with zero attached hydrogens (tertiary/aromatic N) is 1. The minimum atomic E-state index is 0. The van der Waals surface area contributed by atoms with Crippen molar-refractivity contribution in [3.8, 4) is 0 Å². The highest BCUT2D eigenvalue weighted by Crippen LogP contribution is 2.03. The van der Waals surface area contributed by atoms with Gasteiger partial charge in [-0.15, -0.1) is 0 Å². The van der Waals surface area contributed by atoms with Crippen molar-refractivity contribution in [2.45, 2.75) is 19.8 Å². The van der Waals surface area contributed by atoms with Crippen LogP contribution in [-0.4, -0.2) is 11.7 Å². The number of pyridine rings is 1. The zero-order valence-corrected chi connectivity index (χ0v) is 10.3. The Kier molecular flexibility index (Phi) is 6.24. The first-order valence-corrected chi connectivity index (χ1v) is 4.30. The van der Waals surface area contributed by atoms with Gasteiger partial charge in [0.15, 0.2) is 11.9 Å². The number of rotatable bonds is 3. The van der Waals surface area contributed by atoms with Crippen LogP contribution in [0.15, 0.2) is 18.3 Å². The monoisotopic (exact) mass is 293 g/mol. The molecule has 1 aromatic rings. The summed E-state index contributed by atoms with van der Waals surface area (Å²) in [6, 6.07) is 4.14. The first-order chi connectivity index (χ1) is 5.75. The zero-order valence-electron chi connectivity index (χ0n) is 8.13. The molecule has 0 unspecified atom stereocenters. The van der Waals surface area contributed by atoms with Crippen LogP contribution in [0.25, 0.3) is 0 Å². The lowest BCUT2D eigenvalue weighted by Crippen LogP contribution is -3.00. The van der Waals surface area contributed by atoms with Crippen molar-refractivity contribution >= 4 is 0 Å². The van der Waals surface area contributed by atoms with Crippen molar-refractivity contribution < 1.29 is 33.7 Å². The average Bonchev–Trinajstić information content (AvgIpc) is 2.04. The van der Waals surface area contributed by atoms with Crippen LogP contribution in [0.5, 0.6) is 0 Å². The standard InChI is InChI=1S/C10H16NO.HI/c1-9-5-3-7-11(2)10(9)6-4-8-12;/h3,5,7,12H,4,6,8H2,1-2H3;1H/q+1;/p-1. The predicted molar refractivity (Wildman–Crippen MR) is 47.8 cm³/mol. The Labute approximate surface area is 96.6 Å². The number of aliphatic hydroxyl groups excluding tert-OH is 1. The highest BCUT2D eigenvalue weighted by atomic mass is 127. The molecule has 13 heavy (non-hydrogen) atoms. The first kappa shape index (κ1) is 12.8. The molecule has 0 radical (unpaired) electrons. The van der Waals surface area contributed by atoms with Crippen molar-refractivity contribution in [3.63, 3.8) is 0 Å². The fourth-order valence-electron chi connectivity index (χ4n) is 1.40. The second-order valence-corrected chi connectivity index (χ2v) is 3.08. The first-order valence-electron chi connectivity index (χ1n) is 4.30. The fourth-order valence-corrected chi connectivity index (χ4v) is 1.40. The summed E-state index contributed by atoms with van der Waals surface area (Å²) >= 11 is 0. The number of aromatic nitrogens is 1. The molecule has 0 aliphatic heterocycles. The van der Waals surface area contributed by atoms with Crippen LogP contribution in [0.1, 0.15) is 17.7 Å². The summed E-state index contributed by atoms with van der Waals surface area (Å²) in [5.74, 6) is 0. The molecule has 1 heterocycles. The molecule has 1 N–H and O–H groups in total. The molecule has 0 aromatic carbocycles. The van der Waals surface area contributed by atoms with Crippen LogP contribution in [0, 0.1) is 6.92 Å². The van der Waals surface area contributed by atoms with Gasteiger partial charge < -0.3 is 29.1 Å². The van der Waals surface area contributed by atoms with Crippen molar-refractivity contribution in [1.29, 1.82) is 0 Å². The van der Waals surface area contributed by atoms with Crippen LogP contribution in [0.4, 0.5) is 0 Å². The molecule has 0 aliphatic carbocycles. The number of aliphatic hydroxyl groups is 1. The summed E-state index contributed by atoms with van der Waals surface area (Å²) in [6.45, 7) is 2.38. The third kappa shape index (κ3) is 3.60. The van der Waals surface area contributed by atoms with Gasteiger partial charge >= 0.3 is 0 Å². The van der Waals surface area contributed by atoms with Gasteiger partial charge in [-0.25, -0.2) is 4.57 Å². The lowest BCUT2D eigenvalue weighted by Gasteiger charge is -2.01. The van der Waals surface area contributed by atoms with Gasteiger partial charge in [-0.3, -0.25) is 0 Å². The van der Waals surface area contributed by atoms with Gasteiger partial charge in [0.1, 0.15) is 7.05 Å². The largest absolute Gasteiger partial charge is 1.00 e. The molecule has 0 atom stereocenters. The Morgan fingerprint density at radius 2 is 2.15 bits per heavy atom. The van der Waals surface area contributed by atoms with Gasteiger partial charge in [0.2, 0.25) is 0 Å². The van der Waals surface area contributed by atoms with E-state index in [0.717, 1.165) is 12.8 Å². The Balaban J connectivity index is 0.00000144. The van der Waals surface area contributed by atoms with E-state index < -0.39 is 0 Å². The van der Waals surface area contributed by atoms with Crippen LogP contribution in [0.3, 0.4) is 0 Å². The van der Waals surface area contributed by atoms with E-state index in [2.05, 4.69) is 17.6 Å². The predicted octanol–water partition coefficient (Wildman–Crippen LogP) is -2.25. The highest BCUT2D eigenvalue weighted by Gasteiger charge is 2.07. The van der Waals surface area contributed by atoms with Crippen LogP contribution in [-0.2, 0) is 13.5 Å². The van der Waals surface area contributed by atoms with Crippen molar-refractivity contribution in [2.75, 3.05) is 6.61 Å². The average molecular weight is 293 g/mol. The summed E-state index contributed by atoms with van der Waals surface area (Å²) in [5, 5.41) is 8.70. The van der Waals surface area contributed by atoms with Gasteiger partial charge in [-0.1, -0.05) is 0 Å². The number of aryl methyl sites for hydroxylation is 2. The minimum Gasteiger partial charge on any atom is -1.00 e. The van der Waals surface area contributed by atoms with E-state index >= 15 is 0 Å². The van der Waals surface area contributed by atoms with E-state index in [1.165, 1.54) is 11.3 Å². The molecule has 0 amide bonds. The lowest BCUT2D eigenvalue weighted by atomic mass is 10.1. The van der Waals surface area contributed by atoms with E-state index in [1.54, 1.807) is 0 Å². The Bertz CT molecular complexity index is 243. The van der Waals surface area contributed by atoms with Crippen LogP contribution >= 0.6 is 0 Å². The molecule has 1 rings (SSSR count). The topological polar surface area (TPSA) is 24.1 Å². The second-order valence-electron chi connectivity index (χ2n) is 3.08. The lowest BCUT2D eigenvalue weighted by molar-refractivity contribution is -0.679. The van der Waals surface area contributed by atoms with Gasteiger partial charge in [-0.2, -0.15) is 0 Å². The third-order valence-corrected chi connectivity index (χ3v) is 2.11. The maximum atomic E-state index is 8.70. The highest BCUT2D eigenvalue weighted by molar-refractivity contribution is 5.13. The van der Waals surface area contributed by atoms with Crippen molar-refractivity contribution in [3.05, 3.63) is 29.6 Å². The molecule has 0 aliphatic rings. The molecule has 0 spiro atoms. The summed E-state index contributed by atoms with van der Waals surface area (Å²) in [4.78, 5) is 0. The van der Waals surface area contributed by atoms with Crippen molar-refractivity contribution in [1.82, 2.24) is 0 Å². The molecule has 74 valence electrons. The quantitative estimate of drug-likeness (QED) is 0.494. The summed E-state index contributed by atoms with van der Waals surface area (Å²) in [7, 11) is 2.04. The molecular weight excluding hydrogens is 277 g/mol. The zero-order chi connectivity index (χ0) is 8.97. The van der Waals surface area contributed by atoms with E-state index in [4.69, 9.17) is 5.11 Å². The van der Waals surface area contributed by atoms with Gasteiger partial charge in [0.05, 0.1) is 0 Å². The van der Waals surface area contributed by atoms with Gasteiger partial charge in [-0.05, 0) is 19.4 Å². The van der Waals surface area contributed by atoms with Gasteiger partial charge in [0.25, 0.3) is 0 Å².